The quantitative estimate of drug-likeness (QED) is 0.610. The molecule has 5 heteroatoms. The second kappa shape index (κ2) is 4.88. The number of hydrogen-bond donors (Lipinski definition) is 3. The van der Waals surface area contributed by atoms with Crippen molar-refractivity contribution in [3.05, 3.63) is 0 Å². The van der Waals surface area contributed by atoms with Crippen molar-refractivity contribution >= 4 is 7.05 Å². The molecule has 98 valence electrons. The van der Waals surface area contributed by atoms with Crippen molar-refractivity contribution in [1.82, 2.24) is 4.81 Å². The van der Waals surface area contributed by atoms with Crippen molar-refractivity contribution in [2.75, 3.05) is 13.1 Å². The fourth-order valence-electron chi connectivity index (χ4n) is 3.95. The van der Waals surface area contributed by atoms with Crippen LogP contribution < -0.4 is 0 Å². The van der Waals surface area contributed by atoms with Crippen molar-refractivity contribution in [2.45, 2.75) is 51.6 Å². The maximum Gasteiger partial charge on any atom is 0.376 e. The second-order valence-corrected chi connectivity index (χ2v) is 5.90. The van der Waals surface area contributed by atoms with E-state index in [1.54, 1.807) is 13.7 Å². The van der Waals surface area contributed by atoms with Crippen LogP contribution in [0.5, 0.6) is 0 Å². The van der Waals surface area contributed by atoms with Crippen LogP contribution in [0.15, 0.2) is 0 Å². The smallest absolute Gasteiger partial charge is 0.376 e. The standard InChI is InChI=1S/C12H24BNO3/c1-9(15)11-10(16)3-4-12(11)5-7-14(8-6-12)13(2)17/h9-11,15-17H,3-8H2,1-2H3. The normalized spacial score (nSPS) is 35.1. The van der Waals surface area contributed by atoms with Crippen LogP contribution in [-0.2, 0) is 0 Å². The summed E-state index contributed by atoms with van der Waals surface area (Å²) in [6, 6.07) is 0. The van der Waals surface area contributed by atoms with Gasteiger partial charge in [-0.2, -0.15) is 0 Å². The summed E-state index contributed by atoms with van der Waals surface area (Å²) in [5.41, 5.74) is 0.0962. The summed E-state index contributed by atoms with van der Waals surface area (Å²) in [4.78, 5) is 2.06. The number of hydrogen-bond acceptors (Lipinski definition) is 4. The lowest BCUT2D eigenvalue weighted by Gasteiger charge is -2.45. The van der Waals surface area contributed by atoms with Crippen molar-refractivity contribution < 1.29 is 15.2 Å². The van der Waals surface area contributed by atoms with E-state index in [9.17, 15) is 15.2 Å². The van der Waals surface area contributed by atoms with Gasteiger partial charge in [0.25, 0.3) is 0 Å². The van der Waals surface area contributed by atoms with Gasteiger partial charge in [0.2, 0.25) is 0 Å². The summed E-state index contributed by atoms with van der Waals surface area (Å²) >= 11 is 0. The lowest BCUT2D eigenvalue weighted by Crippen LogP contribution is -2.50. The van der Waals surface area contributed by atoms with Crippen LogP contribution in [0.1, 0.15) is 32.6 Å². The van der Waals surface area contributed by atoms with Crippen LogP contribution in [0.4, 0.5) is 0 Å². The van der Waals surface area contributed by atoms with Crippen LogP contribution in [-0.4, -0.2) is 52.4 Å². The monoisotopic (exact) mass is 241 g/mol. The first kappa shape index (κ1) is 13.3. The van der Waals surface area contributed by atoms with Crippen LogP contribution >= 0.6 is 0 Å². The average Bonchev–Trinajstić information content (AvgIpc) is 2.56. The van der Waals surface area contributed by atoms with Gasteiger partial charge >= 0.3 is 7.05 Å². The molecule has 2 rings (SSSR count). The number of rotatable bonds is 2. The molecule has 4 nitrogen and oxygen atoms in total. The summed E-state index contributed by atoms with van der Waals surface area (Å²) in [5, 5.41) is 29.5. The van der Waals surface area contributed by atoms with Gasteiger partial charge in [-0.05, 0) is 57.9 Å². The first-order valence-corrected chi connectivity index (χ1v) is 6.74. The zero-order valence-electron chi connectivity index (χ0n) is 10.8. The molecule has 17 heavy (non-hydrogen) atoms. The molecule has 2 fully saturated rings. The molecule has 3 atom stereocenters. The summed E-state index contributed by atoms with van der Waals surface area (Å²) in [6.45, 7) is 5.33. The fourth-order valence-corrected chi connectivity index (χ4v) is 3.95. The molecule has 0 bridgehead atoms. The van der Waals surface area contributed by atoms with Crippen LogP contribution in [0, 0.1) is 11.3 Å². The molecule has 0 radical (unpaired) electrons. The zero-order chi connectivity index (χ0) is 12.6. The zero-order valence-corrected chi connectivity index (χ0v) is 10.8. The van der Waals surface area contributed by atoms with E-state index in [0.29, 0.717) is 0 Å². The highest BCUT2D eigenvalue weighted by atomic mass is 16.3. The van der Waals surface area contributed by atoms with E-state index < -0.39 is 6.10 Å². The van der Waals surface area contributed by atoms with E-state index in [-0.39, 0.29) is 24.5 Å². The Balaban J connectivity index is 2.06. The molecule has 1 saturated carbocycles. The molecule has 3 unspecified atom stereocenters. The molecular formula is C12H24BNO3. The summed E-state index contributed by atoms with van der Waals surface area (Å²) < 4.78 is 0. The highest BCUT2D eigenvalue weighted by Gasteiger charge is 2.51. The summed E-state index contributed by atoms with van der Waals surface area (Å²) in [7, 11) is -0.385. The molecule has 1 saturated heterocycles. The SMILES string of the molecule is CB(O)N1CCC2(CCC(O)C2C(C)O)CC1. The van der Waals surface area contributed by atoms with Crippen LogP contribution in [0.25, 0.3) is 0 Å². The first-order chi connectivity index (χ1) is 7.96. The molecule has 1 heterocycles. The summed E-state index contributed by atoms with van der Waals surface area (Å²) in [6.07, 6.45) is 2.98. The van der Waals surface area contributed by atoms with Crippen LogP contribution in [0.2, 0.25) is 6.82 Å². The number of aliphatic hydroxyl groups excluding tert-OH is 2. The Hall–Kier alpha value is -0.0951. The molecule has 0 aromatic rings. The molecule has 2 aliphatic rings. The minimum atomic E-state index is -0.439. The van der Waals surface area contributed by atoms with Crippen LogP contribution in [0.3, 0.4) is 0 Å². The van der Waals surface area contributed by atoms with E-state index in [4.69, 9.17) is 0 Å². The lowest BCUT2D eigenvalue weighted by molar-refractivity contribution is -0.0342. The number of aliphatic hydroxyl groups is 2. The van der Waals surface area contributed by atoms with E-state index >= 15 is 0 Å². The third-order valence-electron chi connectivity index (χ3n) is 4.90. The van der Waals surface area contributed by atoms with Gasteiger partial charge in [-0.3, -0.25) is 0 Å². The number of piperidine rings is 1. The molecule has 1 spiro atoms. The minimum absolute atomic E-state index is 0.0126. The summed E-state index contributed by atoms with van der Waals surface area (Å²) in [5.74, 6) is 0.0126. The van der Waals surface area contributed by atoms with E-state index in [2.05, 4.69) is 4.81 Å². The highest BCUT2D eigenvalue weighted by molar-refractivity contribution is 6.45. The lowest BCUT2D eigenvalue weighted by atomic mass is 9.66. The van der Waals surface area contributed by atoms with Crippen molar-refractivity contribution in [1.29, 1.82) is 0 Å². The average molecular weight is 241 g/mol. The third kappa shape index (κ3) is 2.39. The Bertz CT molecular complexity index is 264. The van der Waals surface area contributed by atoms with Gasteiger partial charge in [-0.1, -0.05) is 0 Å². The molecule has 3 N–H and O–H groups in total. The molecule has 1 aliphatic carbocycles. The first-order valence-electron chi connectivity index (χ1n) is 6.74. The molecular weight excluding hydrogens is 217 g/mol. The maximum absolute atomic E-state index is 10.0. The molecule has 0 amide bonds. The topological polar surface area (TPSA) is 63.9 Å². The minimum Gasteiger partial charge on any atom is -0.437 e. The van der Waals surface area contributed by atoms with E-state index in [1.807, 2.05) is 0 Å². The second-order valence-electron chi connectivity index (χ2n) is 5.90. The van der Waals surface area contributed by atoms with Gasteiger partial charge in [-0.25, -0.2) is 0 Å². The van der Waals surface area contributed by atoms with Gasteiger partial charge < -0.3 is 20.0 Å². The molecule has 1 aliphatic heterocycles. The maximum atomic E-state index is 10.0. The Morgan fingerprint density at radius 2 is 1.88 bits per heavy atom. The van der Waals surface area contributed by atoms with Gasteiger partial charge in [0.05, 0.1) is 12.2 Å². The van der Waals surface area contributed by atoms with Crippen molar-refractivity contribution in [2.24, 2.45) is 11.3 Å². The number of nitrogens with zero attached hydrogens (tertiary/aromatic N) is 1. The fraction of sp³-hybridized carbons (Fsp3) is 1.00. The Morgan fingerprint density at radius 1 is 1.29 bits per heavy atom. The predicted octanol–water partition coefficient (Wildman–Crippen LogP) is 0.331. The third-order valence-corrected chi connectivity index (χ3v) is 4.90. The van der Waals surface area contributed by atoms with Gasteiger partial charge in [0.15, 0.2) is 0 Å². The predicted molar refractivity (Wildman–Crippen MR) is 67.5 cm³/mol. The van der Waals surface area contributed by atoms with E-state index in [1.165, 1.54) is 0 Å². The molecule has 0 aromatic carbocycles. The van der Waals surface area contributed by atoms with Crippen molar-refractivity contribution in [3.8, 4) is 0 Å². The van der Waals surface area contributed by atoms with Crippen molar-refractivity contribution in [3.63, 3.8) is 0 Å². The Morgan fingerprint density at radius 3 is 2.35 bits per heavy atom. The van der Waals surface area contributed by atoms with Gasteiger partial charge in [0, 0.05) is 5.92 Å². The van der Waals surface area contributed by atoms with Gasteiger partial charge in [0.1, 0.15) is 0 Å². The Kier molecular flexibility index (Phi) is 3.83. The Labute approximate surface area is 104 Å². The van der Waals surface area contributed by atoms with Gasteiger partial charge in [-0.15, -0.1) is 0 Å². The van der Waals surface area contributed by atoms with E-state index in [0.717, 1.165) is 38.8 Å². The highest BCUT2D eigenvalue weighted by Crippen LogP contribution is 2.51. The molecule has 0 aromatic heterocycles. The largest absolute Gasteiger partial charge is 0.437 e.